The van der Waals surface area contributed by atoms with Crippen LogP contribution in [-0.2, 0) is 9.47 Å². The minimum absolute atomic E-state index is 0.282. The number of aliphatic hydroxyl groups is 1. The zero-order valence-corrected chi connectivity index (χ0v) is 8.08. The van der Waals surface area contributed by atoms with Gasteiger partial charge in [-0.05, 0) is 13.3 Å². The zero-order valence-electron chi connectivity index (χ0n) is 8.08. The van der Waals surface area contributed by atoms with Gasteiger partial charge in [0, 0.05) is 13.7 Å². The van der Waals surface area contributed by atoms with Gasteiger partial charge in [0.2, 0.25) is 0 Å². The van der Waals surface area contributed by atoms with E-state index >= 15 is 0 Å². The van der Waals surface area contributed by atoms with Crippen LogP contribution >= 0.6 is 0 Å². The van der Waals surface area contributed by atoms with Crippen LogP contribution in [0.5, 0.6) is 0 Å². The number of methoxy groups -OCH3 is 1. The number of ether oxygens (including phenoxy) is 2. The molecule has 2 N–H and O–H groups in total. The molecule has 5 heteroatoms. The monoisotopic (exact) mass is 191 g/mol. The van der Waals surface area contributed by atoms with Crippen molar-refractivity contribution in [1.29, 1.82) is 0 Å². The topological polar surface area (TPSA) is 67.8 Å². The lowest BCUT2D eigenvalue weighted by Gasteiger charge is -2.09. The van der Waals surface area contributed by atoms with Crippen molar-refractivity contribution in [3.05, 3.63) is 0 Å². The molecule has 13 heavy (non-hydrogen) atoms. The number of alkyl carbamates (subject to hydrolysis) is 1. The maximum absolute atomic E-state index is 10.7. The second kappa shape index (κ2) is 7.82. The maximum Gasteiger partial charge on any atom is 0.407 e. The lowest BCUT2D eigenvalue weighted by atomic mass is 10.3. The van der Waals surface area contributed by atoms with Gasteiger partial charge in [-0.3, -0.25) is 0 Å². The standard InChI is InChI=1S/C8H17NO4/c1-3-13-8(11)9-5-4-7(10)6-12-2/h7,10H,3-6H2,1-2H3,(H,9,11). The van der Waals surface area contributed by atoms with E-state index in [9.17, 15) is 9.90 Å². The number of amides is 1. The van der Waals surface area contributed by atoms with Gasteiger partial charge in [0.1, 0.15) is 0 Å². The summed E-state index contributed by atoms with van der Waals surface area (Å²) in [6.45, 7) is 2.76. The highest BCUT2D eigenvalue weighted by atomic mass is 16.5. The van der Waals surface area contributed by atoms with E-state index in [2.05, 4.69) is 10.1 Å². The Kier molecular flexibility index (Phi) is 7.33. The molecule has 0 radical (unpaired) electrons. The number of hydrogen-bond acceptors (Lipinski definition) is 4. The molecule has 1 amide bonds. The lowest BCUT2D eigenvalue weighted by Crippen LogP contribution is -2.28. The number of hydrogen-bond donors (Lipinski definition) is 2. The summed E-state index contributed by atoms with van der Waals surface area (Å²) in [6.07, 6.45) is -0.522. The Morgan fingerprint density at radius 3 is 2.85 bits per heavy atom. The maximum atomic E-state index is 10.7. The van der Waals surface area contributed by atoms with Gasteiger partial charge >= 0.3 is 6.09 Å². The predicted molar refractivity (Wildman–Crippen MR) is 47.5 cm³/mol. The van der Waals surface area contributed by atoms with Crippen LogP contribution in [0.3, 0.4) is 0 Å². The first-order valence-electron chi connectivity index (χ1n) is 4.28. The molecule has 0 aromatic heterocycles. The Morgan fingerprint density at radius 2 is 2.31 bits per heavy atom. The van der Waals surface area contributed by atoms with Crippen LogP contribution in [-0.4, -0.2) is 44.2 Å². The molecular weight excluding hydrogens is 174 g/mol. The molecule has 78 valence electrons. The van der Waals surface area contributed by atoms with Crippen molar-refractivity contribution in [2.75, 3.05) is 26.9 Å². The van der Waals surface area contributed by atoms with E-state index < -0.39 is 12.2 Å². The molecule has 0 aliphatic carbocycles. The van der Waals surface area contributed by atoms with Crippen molar-refractivity contribution in [1.82, 2.24) is 5.32 Å². The average Bonchev–Trinajstić information content (AvgIpc) is 2.05. The van der Waals surface area contributed by atoms with Gasteiger partial charge in [0.05, 0.1) is 19.3 Å². The van der Waals surface area contributed by atoms with Crippen molar-refractivity contribution >= 4 is 6.09 Å². The molecule has 0 bridgehead atoms. The number of nitrogens with one attached hydrogen (secondary N) is 1. The first kappa shape index (κ1) is 12.2. The Labute approximate surface area is 78.0 Å². The van der Waals surface area contributed by atoms with Gasteiger partial charge in [0.25, 0.3) is 0 Å². The molecule has 0 saturated heterocycles. The van der Waals surface area contributed by atoms with Gasteiger partial charge in [-0.15, -0.1) is 0 Å². The highest BCUT2D eigenvalue weighted by molar-refractivity contribution is 5.66. The molecule has 5 nitrogen and oxygen atoms in total. The predicted octanol–water partition coefficient (Wildman–Crippen LogP) is 0.130. The fraction of sp³-hybridized carbons (Fsp3) is 0.875. The second-order valence-electron chi connectivity index (χ2n) is 2.55. The van der Waals surface area contributed by atoms with Crippen molar-refractivity contribution in [2.24, 2.45) is 0 Å². The molecule has 0 saturated carbocycles. The molecule has 1 unspecified atom stereocenters. The highest BCUT2D eigenvalue weighted by Gasteiger charge is 2.04. The van der Waals surface area contributed by atoms with Crippen LogP contribution in [0.1, 0.15) is 13.3 Å². The van der Waals surface area contributed by atoms with Gasteiger partial charge in [-0.25, -0.2) is 4.79 Å². The molecule has 1 atom stereocenters. The largest absolute Gasteiger partial charge is 0.450 e. The van der Waals surface area contributed by atoms with Gasteiger partial charge < -0.3 is 19.9 Å². The van der Waals surface area contributed by atoms with Crippen LogP contribution in [0.4, 0.5) is 4.79 Å². The summed E-state index contributed by atoms with van der Waals surface area (Å²) in [5.41, 5.74) is 0. The summed E-state index contributed by atoms with van der Waals surface area (Å²) in [7, 11) is 1.52. The summed E-state index contributed by atoms with van der Waals surface area (Å²) in [6, 6.07) is 0. The van der Waals surface area contributed by atoms with Crippen LogP contribution in [0.15, 0.2) is 0 Å². The third-order valence-corrected chi connectivity index (χ3v) is 1.38. The summed E-state index contributed by atoms with van der Waals surface area (Å²) in [4.78, 5) is 10.7. The van der Waals surface area contributed by atoms with Gasteiger partial charge in [0.15, 0.2) is 0 Å². The third kappa shape index (κ3) is 7.55. The van der Waals surface area contributed by atoms with Gasteiger partial charge in [-0.2, -0.15) is 0 Å². The fourth-order valence-electron chi connectivity index (χ4n) is 0.799. The molecule has 0 aromatic carbocycles. The van der Waals surface area contributed by atoms with Crippen molar-refractivity contribution in [3.63, 3.8) is 0 Å². The zero-order chi connectivity index (χ0) is 10.1. The second-order valence-corrected chi connectivity index (χ2v) is 2.55. The van der Waals surface area contributed by atoms with E-state index in [0.29, 0.717) is 19.6 Å². The van der Waals surface area contributed by atoms with Crippen LogP contribution in [0.25, 0.3) is 0 Å². The summed E-state index contributed by atoms with van der Waals surface area (Å²) >= 11 is 0. The minimum Gasteiger partial charge on any atom is -0.450 e. The van der Waals surface area contributed by atoms with E-state index in [-0.39, 0.29) is 6.61 Å². The summed E-state index contributed by atoms with van der Waals surface area (Å²) in [5, 5.41) is 11.7. The Bertz CT molecular complexity index is 140. The number of aliphatic hydroxyl groups excluding tert-OH is 1. The Morgan fingerprint density at radius 1 is 1.62 bits per heavy atom. The third-order valence-electron chi connectivity index (χ3n) is 1.38. The fourth-order valence-corrected chi connectivity index (χ4v) is 0.799. The molecule has 0 aliphatic heterocycles. The number of carbonyl (C=O) groups excluding carboxylic acids is 1. The van der Waals surface area contributed by atoms with Crippen LogP contribution in [0.2, 0.25) is 0 Å². The Balaban J connectivity index is 3.28. The van der Waals surface area contributed by atoms with Crippen LogP contribution in [0, 0.1) is 0 Å². The van der Waals surface area contributed by atoms with Crippen molar-refractivity contribution in [2.45, 2.75) is 19.4 Å². The van der Waals surface area contributed by atoms with Crippen molar-refractivity contribution < 1.29 is 19.4 Å². The molecule has 0 spiro atoms. The number of rotatable bonds is 6. The Hall–Kier alpha value is -0.810. The first-order chi connectivity index (χ1) is 6.20. The molecule has 0 aromatic rings. The molecule has 0 rings (SSSR count). The quantitative estimate of drug-likeness (QED) is 0.626. The highest BCUT2D eigenvalue weighted by Crippen LogP contribution is 1.90. The SMILES string of the molecule is CCOC(=O)NCCC(O)COC. The molecule has 0 heterocycles. The van der Waals surface area contributed by atoms with Crippen molar-refractivity contribution in [3.8, 4) is 0 Å². The minimum atomic E-state index is -0.535. The summed E-state index contributed by atoms with van der Waals surface area (Å²) < 4.78 is 9.34. The smallest absolute Gasteiger partial charge is 0.407 e. The van der Waals surface area contributed by atoms with Gasteiger partial charge in [-0.1, -0.05) is 0 Å². The molecule has 0 aliphatic rings. The average molecular weight is 191 g/mol. The van der Waals surface area contributed by atoms with E-state index in [1.807, 2.05) is 0 Å². The van der Waals surface area contributed by atoms with E-state index in [1.165, 1.54) is 7.11 Å². The van der Waals surface area contributed by atoms with Crippen LogP contribution < -0.4 is 5.32 Å². The summed E-state index contributed by atoms with van der Waals surface area (Å²) in [5.74, 6) is 0. The van der Waals surface area contributed by atoms with E-state index in [1.54, 1.807) is 6.92 Å². The van der Waals surface area contributed by atoms with E-state index in [4.69, 9.17) is 4.74 Å². The molecule has 0 fully saturated rings. The lowest BCUT2D eigenvalue weighted by molar-refractivity contribution is 0.0591. The van der Waals surface area contributed by atoms with E-state index in [0.717, 1.165) is 0 Å². The first-order valence-corrected chi connectivity index (χ1v) is 4.28. The number of carbonyl (C=O) groups is 1. The molecular formula is C8H17NO4. The normalized spacial score (nSPS) is 12.2.